The summed E-state index contributed by atoms with van der Waals surface area (Å²) in [6, 6.07) is 5.42. The second-order valence-corrected chi connectivity index (χ2v) is 5.15. The lowest BCUT2D eigenvalue weighted by molar-refractivity contribution is 0.0949. The molecule has 0 bridgehead atoms. The van der Waals surface area contributed by atoms with Crippen LogP contribution in [0, 0.1) is 6.92 Å². The Kier molecular flexibility index (Phi) is 3.60. The summed E-state index contributed by atoms with van der Waals surface area (Å²) in [5, 5.41) is 11.1. The first kappa shape index (κ1) is 13.6. The second kappa shape index (κ2) is 5.55. The Hall–Kier alpha value is -2.37. The van der Waals surface area contributed by atoms with Gasteiger partial charge in [-0.25, -0.2) is 0 Å². The molecule has 1 aliphatic heterocycles. The van der Waals surface area contributed by atoms with Crippen molar-refractivity contribution in [3.63, 3.8) is 0 Å². The zero-order chi connectivity index (χ0) is 14.8. The Morgan fingerprint density at radius 2 is 2.29 bits per heavy atom. The van der Waals surface area contributed by atoms with Crippen LogP contribution >= 0.6 is 0 Å². The van der Waals surface area contributed by atoms with Gasteiger partial charge < -0.3 is 14.6 Å². The second-order valence-electron chi connectivity index (χ2n) is 5.15. The van der Waals surface area contributed by atoms with Gasteiger partial charge in [-0.1, -0.05) is 6.07 Å². The summed E-state index contributed by atoms with van der Waals surface area (Å²) in [5.74, 6) is 2.40. The van der Waals surface area contributed by atoms with Crippen LogP contribution in [0.2, 0.25) is 0 Å². The van der Waals surface area contributed by atoms with Crippen LogP contribution in [0.4, 0.5) is 0 Å². The van der Waals surface area contributed by atoms with Gasteiger partial charge >= 0.3 is 0 Å². The summed E-state index contributed by atoms with van der Waals surface area (Å²) < 4.78 is 7.32. The largest absolute Gasteiger partial charge is 0.496 e. The number of hydrogen-bond donors (Lipinski definition) is 1. The van der Waals surface area contributed by atoms with E-state index in [0.717, 1.165) is 36.6 Å². The molecule has 1 aromatic heterocycles. The molecule has 2 aromatic rings. The van der Waals surface area contributed by atoms with E-state index in [1.165, 1.54) is 0 Å². The Bertz CT molecular complexity index is 678. The lowest BCUT2D eigenvalue weighted by Gasteiger charge is -2.09. The molecular formula is C15H18N4O2. The van der Waals surface area contributed by atoms with Crippen LogP contribution in [0.25, 0.3) is 0 Å². The average molecular weight is 286 g/mol. The molecule has 0 atom stereocenters. The quantitative estimate of drug-likeness (QED) is 0.924. The van der Waals surface area contributed by atoms with E-state index in [0.29, 0.717) is 17.9 Å². The molecule has 3 rings (SSSR count). The third-order valence-electron chi connectivity index (χ3n) is 3.76. The van der Waals surface area contributed by atoms with Crippen LogP contribution in [0.3, 0.4) is 0 Å². The number of benzene rings is 1. The molecule has 0 unspecified atom stereocenters. The van der Waals surface area contributed by atoms with Crippen molar-refractivity contribution < 1.29 is 9.53 Å². The highest BCUT2D eigenvalue weighted by Crippen LogP contribution is 2.19. The van der Waals surface area contributed by atoms with Gasteiger partial charge in [-0.05, 0) is 31.0 Å². The van der Waals surface area contributed by atoms with Gasteiger partial charge in [-0.15, -0.1) is 10.2 Å². The number of carbonyl (C=O) groups is 1. The number of ether oxygens (including phenoxy) is 1. The van der Waals surface area contributed by atoms with Gasteiger partial charge in [0.2, 0.25) is 0 Å². The topological polar surface area (TPSA) is 69.0 Å². The standard InChI is InChI=1S/C15H18N4O2/c1-10-5-6-11(8-12(10)21-2)15(20)16-9-14-18-17-13-4-3-7-19(13)14/h5-6,8H,3-4,7,9H2,1-2H3,(H,16,20). The van der Waals surface area contributed by atoms with E-state index in [1.54, 1.807) is 19.2 Å². The average Bonchev–Trinajstić information content (AvgIpc) is 3.09. The molecule has 0 saturated heterocycles. The predicted molar refractivity (Wildman–Crippen MR) is 77.2 cm³/mol. The highest BCUT2D eigenvalue weighted by Gasteiger charge is 2.17. The van der Waals surface area contributed by atoms with E-state index >= 15 is 0 Å². The Morgan fingerprint density at radius 3 is 3.10 bits per heavy atom. The maximum absolute atomic E-state index is 12.2. The molecule has 0 aliphatic carbocycles. The molecule has 0 spiro atoms. The first-order chi connectivity index (χ1) is 10.2. The lowest BCUT2D eigenvalue weighted by atomic mass is 10.1. The van der Waals surface area contributed by atoms with Crippen molar-refractivity contribution in [2.75, 3.05) is 7.11 Å². The SMILES string of the molecule is COc1cc(C(=O)NCc2nnc3n2CCC3)ccc1C. The number of carbonyl (C=O) groups excluding carboxylic acids is 1. The first-order valence-corrected chi connectivity index (χ1v) is 7.03. The van der Waals surface area contributed by atoms with Gasteiger partial charge in [0.25, 0.3) is 5.91 Å². The number of nitrogens with one attached hydrogen (secondary N) is 1. The number of methoxy groups -OCH3 is 1. The fourth-order valence-corrected chi connectivity index (χ4v) is 2.56. The van der Waals surface area contributed by atoms with Gasteiger partial charge in [-0.2, -0.15) is 0 Å². The zero-order valence-corrected chi connectivity index (χ0v) is 12.2. The molecule has 0 fully saturated rings. The van der Waals surface area contributed by atoms with E-state index in [4.69, 9.17) is 4.74 Å². The smallest absolute Gasteiger partial charge is 0.251 e. The highest BCUT2D eigenvalue weighted by atomic mass is 16.5. The molecule has 1 N–H and O–H groups in total. The minimum absolute atomic E-state index is 0.136. The predicted octanol–water partition coefficient (Wildman–Crippen LogP) is 1.47. The van der Waals surface area contributed by atoms with Crippen LogP contribution in [-0.4, -0.2) is 27.8 Å². The van der Waals surface area contributed by atoms with Gasteiger partial charge in [-0.3, -0.25) is 4.79 Å². The van der Waals surface area contributed by atoms with Gasteiger partial charge in [0, 0.05) is 18.5 Å². The fourth-order valence-electron chi connectivity index (χ4n) is 2.56. The van der Waals surface area contributed by atoms with Crippen molar-refractivity contribution >= 4 is 5.91 Å². The van der Waals surface area contributed by atoms with Crippen molar-refractivity contribution in [3.05, 3.63) is 41.0 Å². The molecule has 2 heterocycles. The molecule has 0 saturated carbocycles. The molecule has 110 valence electrons. The first-order valence-electron chi connectivity index (χ1n) is 7.03. The normalized spacial score (nSPS) is 13.0. The minimum Gasteiger partial charge on any atom is -0.496 e. The minimum atomic E-state index is -0.136. The monoisotopic (exact) mass is 286 g/mol. The van der Waals surface area contributed by atoms with Crippen molar-refractivity contribution in [2.24, 2.45) is 0 Å². The van der Waals surface area contributed by atoms with Crippen LogP contribution in [-0.2, 0) is 19.5 Å². The number of fused-ring (bicyclic) bond motifs is 1. The van der Waals surface area contributed by atoms with E-state index in [1.807, 2.05) is 13.0 Å². The maximum atomic E-state index is 12.2. The lowest BCUT2D eigenvalue weighted by Crippen LogP contribution is -2.24. The summed E-state index contributed by atoms with van der Waals surface area (Å²) in [6.45, 7) is 3.27. The Labute approximate surface area is 123 Å². The van der Waals surface area contributed by atoms with E-state index < -0.39 is 0 Å². The zero-order valence-electron chi connectivity index (χ0n) is 12.2. The molecule has 6 heteroatoms. The van der Waals surface area contributed by atoms with Gasteiger partial charge in [0.05, 0.1) is 13.7 Å². The van der Waals surface area contributed by atoms with Crippen LogP contribution in [0.5, 0.6) is 5.75 Å². The summed E-state index contributed by atoms with van der Waals surface area (Å²) in [7, 11) is 1.60. The molecule has 1 aromatic carbocycles. The van der Waals surface area contributed by atoms with Crippen molar-refractivity contribution in [1.82, 2.24) is 20.1 Å². The molecule has 21 heavy (non-hydrogen) atoms. The van der Waals surface area contributed by atoms with Crippen LogP contribution in [0.1, 0.15) is 34.0 Å². The number of aromatic nitrogens is 3. The highest BCUT2D eigenvalue weighted by molar-refractivity contribution is 5.94. The third kappa shape index (κ3) is 2.61. The number of nitrogens with zero attached hydrogens (tertiary/aromatic N) is 3. The molecule has 1 aliphatic rings. The molecule has 0 radical (unpaired) electrons. The van der Waals surface area contributed by atoms with E-state index in [2.05, 4.69) is 20.1 Å². The summed E-state index contributed by atoms with van der Waals surface area (Å²) in [6.07, 6.45) is 2.07. The number of amides is 1. The Morgan fingerprint density at radius 1 is 1.43 bits per heavy atom. The number of rotatable bonds is 4. The Balaban J connectivity index is 1.69. The number of hydrogen-bond acceptors (Lipinski definition) is 4. The molecular weight excluding hydrogens is 268 g/mol. The van der Waals surface area contributed by atoms with Crippen molar-refractivity contribution in [1.29, 1.82) is 0 Å². The van der Waals surface area contributed by atoms with E-state index in [9.17, 15) is 4.79 Å². The molecule has 6 nitrogen and oxygen atoms in total. The summed E-state index contributed by atoms with van der Waals surface area (Å²) in [4.78, 5) is 12.2. The van der Waals surface area contributed by atoms with E-state index in [-0.39, 0.29) is 5.91 Å². The van der Waals surface area contributed by atoms with Gasteiger partial charge in [0.15, 0.2) is 5.82 Å². The number of aryl methyl sites for hydroxylation is 2. The summed E-state index contributed by atoms with van der Waals surface area (Å²) in [5.41, 5.74) is 1.59. The molecule has 1 amide bonds. The van der Waals surface area contributed by atoms with Crippen molar-refractivity contribution in [2.45, 2.75) is 32.9 Å². The van der Waals surface area contributed by atoms with Crippen molar-refractivity contribution in [3.8, 4) is 5.75 Å². The maximum Gasteiger partial charge on any atom is 0.251 e. The van der Waals surface area contributed by atoms with Gasteiger partial charge in [0.1, 0.15) is 11.6 Å². The fraction of sp³-hybridized carbons (Fsp3) is 0.400. The van der Waals surface area contributed by atoms with Crippen LogP contribution in [0.15, 0.2) is 18.2 Å². The summed E-state index contributed by atoms with van der Waals surface area (Å²) >= 11 is 0. The van der Waals surface area contributed by atoms with Crippen LogP contribution < -0.4 is 10.1 Å². The third-order valence-corrected chi connectivity index (χ3v) is 3.76.